The Hall–Kier alpha value is -3.71. The summed E-state index contributed by atoms with van der Waals surface area (Å²) >= 11 is 14.2. The largest absolute Gasteiger partial charge is 0.352 e. The topological polar surface area (TPSA) is 66.5 Å². The van der Waals surface area contributed by atoms with Gasteiger partial charge in [-0.1, -0.05) is 71.8 Å². The van der Waals surface area contributed by atoms with Gasteiger partial charge in [0.25, 0.3) is 0 Å². The number of hydrogen-bond acceptors (Lipinski definition) is 5. The van der Waals surface area contributed by atoms with Gasteiger partial charge < -0.3 is 10.2 Å². The lowest BCUT2D eigenvalue weighted by Crippen LogP contribution is -2.51. The first-order valence-electron chi connectivity index (χ1n) is 12.5. The van der Waals surface area contributed by atoms with E-state index in [4.69, 9.17) is 23.2 Å². The number of hydrogen-bond donors (Lipinski definition) is 1. The van der Waals surface area contributed by atoms with Gasteiger partial charge in [-0.05, 0) is 59.0 Å². The quantitative estimate of drug-likeness (QED) is 0.271. The predicted molar refractivity (Wildman–Crippen MR) is 155 cm³/mol. The molecule has 3 aromatic carbocycles. The molecule has 0 aliphatic carbocycles. The van der Waals surface area contributed by atoms with Crippen LogP contribution in [0.3, 0.4) is 0 Å². The highest BCUT2D eigenvalue weighted by atomic mass is 35.5. The van der Waals surface area contributed by atoms with Crippen molar-refractivity contribution in [2.45, 2.75) is 17.5 Å². The number of anilines is 2. The summed E-state index contributed by atoms with van der Waals surface area (Å²) in [4.78, 5) is 45.9. The summed E-state index contributed by atoms with van der Waals surface area (Å²) in [6, 6.07) is 21.7. The van der Waals surface area contributed by atoms with E-state index in [1.165, 1.54) is 11.3 Å². The van der Waals surface area contributed by atoms with Crippen LogP contribution in [-0.4, -0.2) is 29.6 Å². The van der Waals surface area contributed by atoms with Crippen LogP contribution in [0.2, 0.25) is 10.0 Å². The molecule has 4 atom stereocenters. The maximum atomic E-state index is 14.7. The van der Waals surface area contributed by atoms with Gasteiger partial charge in [-0.3, -0.25) is 14.4 Å². The monoisotopic (exact) mass is 570 g/mol. The molecule has 1 aromatic heterocycles. The second kappa shape index (κ2) is 8.91. The van der Waals surface area contributed by atoms with Gasteiger partial charge in [0, 0.05) is 22.0 Å². The van der Waals surface area contributed by atoms with Gasteiger partial charge in [0.15, 0.2) is 11.6 Å². The molecule has 192 valence electrons. The number of thiophene rings is 1. The lowest BCUT2D eigenvalue weighted by atomic mass is 9.64. The summed E-state index contributed by atoms with van der Waals surface area (Å²) in [5, 5.41) is 5.69. The van der Waals surface area contributed by atoms with Gasteiger partial charge in [-0.25, -0.2) is 0 Å². The molecule has 1 saturated heterocycles. The molecule has 3 aliphatic heterocycles. The second-order valence-electron chi connectivity index (χ2n) is 9.89. The van der Waals surface area contributed by atoms with Crippen molar-refractivity contribution < 1.29 is 14.4 Å². The molecule has 5 nitrogen and oxygen atoms in total. The molecule has 1 fully saturated rings. The minimum Gasteiger partial charge on any atom is -0.352 e. The number of fused-ring (bicyclic) bond motifs is 6. The summed E-state index contributed by atoms with van der Waals surface area (Å²) in [5.74, 6) is -1.94. The zero-order chi connectivity index (χ0) is 26.9. The van der Waals surface area contributed by atoms with Crippen molar-refractivity contribution in [3.05, 3.63) is 122 Å². The van der Waals surface area contributed by atoms with Gasteiger partial charge in [0.05, 0.1) is 21.9 Å². The van der Waals surface area contributed by atoms with Crippen molar-refractivity contribution in [2.75, 3.05) is 10.2 Å². The molecule has 7 rings (SSSR count). The van der Waals surface area contributed by atoms with E-state index in [2.05, 4.69) is 5.32 Å². The number of amides is 1. The Morgan fingerprint density at radius 3 is 2.51 bits per heavy atom. The third-order valence-corrected chi connectivity index (χ3v) is 9.50. The van der Waals surface area contributed by atoms with E-state index in [9.17, 15) is 14.4 Å². The van der Waals surface area contributed by atoms with Crippen molar-refractivity contribution in [3.63, 3.8) is 0 Å². The fourth-order valence-electron chi connectivity index (χ4n) is 6.54. The molecule has 0 saturated carbocycles. The molecule has 4 aromatic rings. The van der Waals surface area contributed by atoms with Crippen LogP contribution < -0.4 is 10.2 Å². The Labute approximate surface area is 238 Å². The predicted octanol–water partition coefficient (Wildman–Crippen LogP) is 6.91. The number of ketones is 2. The lowest BCUT2D eigenvalue weighted by Gasteiger charge is -2.37. The molecule has 39 heavy (non-hydrogen) atoms. The van der Waals surface area contributed by atoms with E-state index in [0.29, 0.717) is 21.2 Å². The number of halogens is 2. The van der Waals surface area contributed by atoms with Crippen LogP contribution in [0.1, 0.15) is 31.2 Å². The van der Waals surface area contributed by atoms with Crippen LogP contribution in [0.5, 0.6) is 0 Å². The number of nitrogens with zero attached hydrogens (tertiary/aromatic N) is 1. The second-order valence-corrected chi connectivity index (χ2v) is 11.7. The van der Waals surface area contributed by atoms with Crippen LogP contribution in [0, 0.1) is 5.92 Å². The normalized spacial score (nSPS) is 24.3. The highest BCUT2D eigenvalue weighted by molar-refractivity contribution is 7.12. The lowest BCUT2D eigenvalue weighted by molar-refractivity contribution is -0.121. The molecule has 1 amide bonds. The highest BCUT2D eigenvalue weighted by Gasteiger charge is 2.70. The summed E-state index contributed by atoms with van der Waals surface area (Å²) in [6.45, 7) is 0. The van der Waals surface area contributed by atoms with Crippen molar-refractivity contribution in [3.8, 4) is 0 Å². The molecular formula is C31H20Cl2N2O3S. The Balaban J connectivity index is 1.56. The Bertz CT molecular complexity index is 1720. The van der Waals surface area contributed by atoms with Crippen LogP contribution in [-0.2, 0) is 10.2 Å². The number of benzene rings is 3. The number of carbonyl (C=O) groups excluding carboxylic acids is 3. The van der Waals surface area contributed by atoms with Gasteiger partial charge in [-0.15, -0.1) is 11.3 Å². The summed E-state index contributed by atoms with van der Waals surface area (Å²) < 4.78 is 0. The number of Topliss-reactive ketones (excluding diaryl/α,β-unsaturated/α-hetero) is 2. The maximum absolute atomic E-state index is 14.7. The smallest absolute Gasteiger partial charge is 0.238 e. The summed E-state index contributed by atoms with van der Waals surface area (Å²) in [7, 11) is 0. The van der Waals surface area contributed by atoms with Crippen molar-refractivity contribution in [1.82, 2.24) is 0 Å². The Morgan fingerprint density at radius 1 is 0.923 bits per heavy atom. The van der Waals surface area contributed by atoms with E-state index in [1.807, 2.05) is 64.9 Å². The molecule has 0 bridgehead atoms. The van der Waals surface area contributed by atoms with Crippen molar-refractivity contribution in [2.24, 2.45) is 5.92 Å². The average molecular weight is 571 g/mol. The van der Waals surface area contributed by atoms with Gasteiger partial charge in [0.1, 0.15) is 11.5 Å². The van der Waals surface area contributed by atoms with Crippen LogP contribution in [0.15, 0.2) is 90.3 Å². The molecule has 3 aliphatic rings. The Morgan fingerprint density at radius 2 is 1.72 bits per heavy atom. The van der Waals surface area contributed by atoms with E-state index < -0.39 is 23.4 Å². The molecule has 8 heteroatoms. The van der Waals surface area contributed by atoms with Gasteiger partial charge in [-0.2, -0.15) is 0 Å². The average Bonchev–Trinajstić information content (AvgIpc) is 3.65. The zero-order valence-electron chi connectivity index (χ0n) is 20.3. The maximum Gasteiger partial charge on any atom is 0.238 e. The van der Waals surface area contributed by atoms with Crippen LogP contribution in [0.4, 0.5) is 11.4 Å². The number of nitrogens with one attached hydrogen (secondary N) is 1. The first-order chi connectivity index (χ1) is 18.9. The van der Waals surface area contributed by atoms with Gasteiger partial charge >= 0.3 is 0 Å². The summed E-state index contributed by atoms with van der Waals surface area (Å²) in [6.07, 6.45) is 3.85. The van der Waals surface area contributed by atoms with E-state index in [-0.39, 0.29) is 28.1 Å². The number of rotatable bonds is 4. The van der Waals surface area contributed by atoms with E-state index in [0.717, 1.165) is 11.3 Å². The standard InChI is InChI=1S/C31H20Cl2N2O3S/c32-18-12-13-23-17(16-18)11-14-25-31(20-7-2-4-9-22(20)34-30(31)38)26(28(36)19-6-1-3-8-21(19)33)27(35(23)25)29(37)24-10-5-15-39-24/h1-16,25-27H,(H,34,38)/t25-,26-,27-,31+/m1/s1. The molecule has 1 N–H and O–H groups in total. The van der Waals surface area contributed by atoms with Crippen molar-refractivity contribution >= 4 is 69.5 Å². The fourth-order valence-corrected chi connectivity index (χ4v) is 7.65. The summed E-state index contributed by atoms with van der Waals surface area (Å²) in [5.41, 5.74) is 1.80. The molecular weight excluding hydrogens is 551 g/mol. The first-order valence-corrected chi connectivity index (χ1v) is 14.1. The van der Waals surface area contributed by atoms with Crippen LogP contribution in [0.25, 0.3) is 6.08 Å². The first kappa shape index (κ1) is 24.3. The van der Waals surface area contributed by atoms with E-state index in [1.54, 1.807) is 36.4 Å². The number of carbonyl (C=O) groups is 3. The molecule has 0 unspecified atom stereocenters. The van der Waals surface area contributed by atoms with Gasteiger partial charge in [0.2, 0.25) is 5.91 Å². The minimum atomic E-state index is -1.38. The molecule has 4 heterocycles. The fraction of sp³-hybridized carbons (Fsp3) is 0.129. The minimum absolute atomic E-state index is 0.217. The Kier molecular flexibility index (Phi) is 5.56. The highest BCUT2D eigenvalue weighted by Crippen LogP contribution is 2.58. The molecule has 1 spiro atoms. The number of para-hydroxylation sites is 1. The third-order valence-electron chi connectivity index (χ3n) is 8.05. The zero-order valence-corrected chi connectivity index (χ0v) is 22.6. The molecule has 0 radical (unpaired) electrons. The van der Waals surface area contributed by atoms with Crippen LogP contribution >= 0.6 is 34.5 Å². The third kappa shape index (κ3) is 3.35. The SMILES string of the molecule is O=C(c1cccs1)[C@H]1[C@H](C(=O)c2ccccc2Cl)[C@@]2(C(=O)Nc3ccccc32)[C@H]2C=Cc3cc(Cl)ccc3N12. The van der Waals surface area contributed by atoms with E-state index >= 15 is 0 Å². The van der Waals surface area contributed by atoms with Crippen molar-refractivity contribution in [1.29, 1.82) is 0 Å².